The fourth-order valence-corrected chi connectivity index (χ4v) is 2.90. The molecule has 22 heavy (non-hydrogen) atoms. The maximum Gasteiger partial charge on any atom is 0.410 e. The number of piperidine rings is 1. The Labute approximate surface area is 132 Å². The third kappa shape index (κ3) is 4.35. The minimum Gasteiger partial charge on any atom is -0.444 e. The molecule has 1 aliphatic carbocycles. The van der Waals surface area contributed by atoms with E-state index in [1.165, 1.54) is 0 Å². The van der Waals surface area contributed by atoms with Crippen LogP contribution < -0.4 is 0 Å². The number of carbonyl (C=O) groups excluding carboxylic acids is 2. The van der Waals surface area contributed by atoms with Crippen LogP contribution in [0.1, 0.15) is 46.5 Å². The van der Waals surface area contributed by atoms with E-state index >= 15 is 0 Å². The third-order valence-electron chi connectivity index (χ3n) is 4.48. The second-order valence-electron chi connectivity index (χ2n) is 7.63. The SMILES string of the molecule is CC(C)(C)OC(=O)N1CCC(CO)(CN(C=O)C2CC2)CC1. The quantitative estimate of drug-likeness (QED) is 0.783. The second kappa shape index (κ2) is 6.44. The van der Waals surface area contributed by atoms with Gasteiger partial charge in [0.1, 0.15) is 5.60 Å². The summed E-state index contributed by atoms with van der Waals surface area (Å²) in [6, 6.07) is 0.352. The van der Waals surface area contributed by atoms with Crippen molar-refractivity contribution in [3.8, 4) is 0 Å². The van der Waals surface area contributed by atoms with Gasteiger partial charge in [-0.15, -0.1) is 0 Å². The number of ether oxygens (including phenoxy) is 1. The largest absolute Gasteiger partial charge is 0.444 e. The lowest BCUT2D eigenvalue weighted by molar-refractivity contribution is -0.121. The van der Waals surface area contributed by atoms with Crippen LogP contribution in [0.4, 0.5) is 4.79 Å². The third-order valence-corrected chi connectivity index (χ3v) is 4.48. The van der Waals surface area contributed by atoms with Gasteiger partial charge < -0.3 is 19.6 Å². The average molecular weight is 312 g/mol. The number of carbonyl (C=O) groups is 2. The first kappa shape index (κ1) is 17.1. The monoisotopic (exact) mass is 312 g/mol. The van der Waals surface area contributed by atoms with Gasteiger partial charge in [0.25, 0.3) is 0 Å². The van der Waals surface area contributed by atoms with Gasteiger partial charge in [-0.1, -0.05) is 0 Å². The van der Waals surface area contributed by atoms with E-state index in [9.17, 15) is 14.7 Å². The van der Waals surface area contributed by atoms with Gasteiger partial charge in [0, 0.05) is 31.1 Å². The molecule has 0 aromatic heterocycles. The van der Waals surface area contributed by atoms with Crippen LogP contribution >= 0.6 is 0 Å². The summed E-state index contributed by atoms with van der Waals surface area (Å²) in [5.41, 5.74) is -0.787. The second-order valence-corrected chi connectivity index (χ2v) is 7.63. The number of aliphatic hydroxyl groups is 1. The van der Waals surface area contributed by atoms with E-state index < -0.39 is 5.60 Å². The van der Waals surface area contributed by atoms with E-state index in [4.69, 9.17) is 4.74 Å². The fraction of sp³-hybridized carbons (Fsp3) is 0.875. The molecule has 1 N–H and O–H groups in total. The Morgan fingerprint density at radius 2 is 1.95 bits per heavy atom. The van der Waals surface area contributed by atoms with Crippen LogP contribution in [-0.4, -0.2) is 65.3 Å². The Hall–Kier alpha value is -1.30. The number of nitrogens with zero attached hydrogens (tertiary/aromatic N) is 2. The Kier molecular flexibility index (Phi) is 5.00. The molecule has 6 nitrogen and oxygen atoms in total. The molecule has 126 valence electrons. The number of amides is 2. The zero-order valence-corrected chi connectivity index (χ0v) is 13.9. The van der Waals surface area contributed by atoms with Crippen molar-refractivity contribution in [3.05, 3.63) is 0 Å². The Balaban J connectivity index is 1.90. The molecule has 6 heteroatoms. The zero-order valence-electron chi connectivity index (χ0n) is 13.9. The summed E-state index contributed by atoms with van der Waals surface area (Å²) in [5.74, 6) is 0. The lowest BCUT2D eigenvalue weighted by Gasteiger charge is -2.42. The van der Waals surface area contributed by atoms with Gasteiger partial charge in [-0.25, -0.2) is 4.79 Å². The molecule has 0 atom stereocenters. The van der Waals surface area contributed by atoms with Crippen LogP contribution in [0, 0.1) is 5.41 Å². The van der Waals surface area contributed by atoms with Crippen molar-refractivity contribution in [2.75, 3.05) is 26.2 Å². The van der Waals surface area contributed by atoms with Crippen LogP contribution in [0.15, 0.2) is 0 Å². The van der Waals surface area contributed by atoms with Crippen LogP contribution in [0.5, 0.6) is 0 Å². The number of hydrogen-bond donors (Lipinski definition) is 1. The molecule has 2 amide bonds. The summed E-state index contributed by atoms with van der Waals surface area (Å²) in [4.78, 5) is 26.8. The normalized spacial score (nSPS) is 21.4. The van der Waals surface area contributed by atoms with Crippen molar-refractivity contribution in [3.63, 3.8) is 0 Å². The highest BCUT2D eigenvalue weighted by molar-refractivity contribution is 5.68. The standard InChI is InChI=1S/C16H28N2O4/c1-15(2,3)22-14(21)17-8-6-16(11-19,7-9-17)10-18(12-20)13-4-5-13/h12-13,19H,4-11H2,1-3H3. The van der Waals surface area contributed by atoms with Crippen LogP contribution in [0.3, 0.4) is 0 Å². The average Bonchev–Trinajstić information content (AvgIpc) is 3.28. The van der Waals surface area contributed by atoms with Gasteiger partial charge in [0.05, 0.1) is 6.61 Å². The molecule has 0 spiro atoms. The maximum atomic E-state index is 12.1. The van der Waals surface area contributed by atoms with Gasteiger partial charge in [-0.3, -0.25) is 4.79 Å². The molecule has 1 saturated heterocycles. The van der Waals surface area contributed by atoms with Crippen molar-refractivity contribution < 1.29 is 19.4 Å². The Morgan fingerprint density at radius 1 is 1.36 bits per heavy atom. The highest BCUT2D eigenvalue weighted by Crippen LogP contribution is 2.35. The summed E-state index contributed by atoms with van der Waals surface area (Å²) in [6.07, 6.45) is 4.11. The van der Waals surface area contributed by atoms with Gasteiger partial charge in [0.2, 0.25) is 6.41 Å². The summed E-state index contributed by atoms with van der Waals surface area (Å²) < 4.78 is 5.39. The Bertz CT molecular complexity index is 407. The summed E-state index contributed by atoms with van der Waals surface area (Å²) >= 11 is 0. The lowest BCUT2D eigenvalue weighted by atomic mass is 9.78. The first-order valence-corrected chi connectivity index (χ1v) is 8.08. The zero-order chi connectivity index (χ0) is 16.4. The van der Waals surface area contributed by atoms with Crippen molar-refractivity contribution in [2.24, 2.45) is 5.41 Å². The fourth-order valence-electron chi connectivity index (χ4n) is 2.90. The van der Waals surface area contributed by atoms with E-state index in [2.05, 4.69) is 0 Å². The Morgan fingerprint density at radius 3 is 2.36 bits per heavy atom. The number of likely N-dealkylation sites (tertiary alicyclic amines) is 1. The van der Waals surface area contributed by atoms with Crippen LogP contribution in [0.25, 0.3) is 0 Å². The molecule has 1 saturated carbocycles. The van der Waals surface area contributed by atoms with Crippen molar-refractivity contribution in [1.82, 2.24) is 9.80 Å². The molecular formula is C16H28N2O4. The summed E-state index contributed by atoms with van der Waals surface area (Å²) in [5, 5.41) is 9.82. The van der Waals surface area contributed by atoms with Crippen LogP contribution in [-0.2, 0) is 9.53 Å². The van der Waals surface area contributed by atoms with Gasteiger partial charge in [0.15, 0.2) is 0 Å². The van der Waals surface area contributed by atoms with Crippen molar-refractivity contribution in [2.45, 2.75) is 58.1 Å². The smallest absolute Gasteiger partial charge is 0.410 e. The minimum atomic E-state index is -0.497. The molecule has 1 aliphatic heterocycles. The van der Waals surface area contributed by atoms with E-state index in [-0.39, 0.29) is 18.1 Å². The highest BCUT2D eigenvalue weighted by Gasteiger charge is 2.40. The predicted octanol–water partition coefficient (Wildman–Crippen LogP) is 1.62. The van der Waals surface area contributed by atoms with E-state index in [1.807, 2.05) is 25.7 Å². The minimum absolute atomic E-state index is 0.0478. The molecule has 2 aliphatic rings. The molecular weight excluding hydrogens is 284 g/mol. The number of aliphatic hydroxyl groups excluding tert-OH is 1. The molecule has 2 rings (SSSR count). The molecule has 2 fully saturated rings. The molecule has 0 bridgehead atoms. The summed E-state index contributed by atoms with van der Waals surface area (Å²) in [6.45, 7) is 7.31. The number of hydrogen-bond acceptors (Lipinski definition) is 4. The van der Waals surface area contributed by atoms with E-state index in [1.54, 1.807) is 4.90 Å². The van der Waals surface area contributed by atoms with Gasteiger partial charge >= 0.3 is 6.09 Å². The maximum absolute atomic E-state index is 12.1. The first-order valence-electron chi connectivity index (χ1n) is 8.08. The van der Waals surface area contributed by atoms with Crippen molar-refractivity contribution in [1.29, 1.82) is 0 Å². The number of rotatable bonds is 5. The highest BCUT2D eigenvalue weighted by atomic mass is 16.6. The first-order chi connectivity index (χ1) is 10.3. The van der Waals surface area contributed by atoms with E-state index in [0.717, 1.165) is 19.3 Å². The molecule has 0 radical (unpaired) electrons. The molecule has 0 aromatic carbocycles. The van der Waals surface area contributed by atoms with Crippen molar-refractivity contribution >= 4 is 12.5 Å². The van der Waals surface area contributed by atoms with Crippen LogP contribution in [0.2, 0.25) is 0 Å². The predicted molar refractivity (Wildman–Crippen MR) is 82.4 cm³/mol. The lowest BCUT2D eigenvalue weighted by Crippen LogP contribution is -2.50. The molecule has 0 aromatic rings. The molecule has 0 unspecified atom stereocenters. The van der Waals surface area contributed by atoms with E-state index in [0.29, 0.717) is 38.5 Å². The topological polar surface area (TPSA) is 70.1 Å². The van der Waals surface area contributed by atoms with Gasteiger partial charge in [-0.05, 0) is 46.5 Å². The van der Waals surface area contributed by atoms with Gasteiger partial charge in [-0.2, -0.15) is 0 Å². The summed E-state index contributed by atoms with van der Waals surface area (Å²) in [7, 11) is 0. The molecule has 1 heterocycles.